The van der Waals surface area contributed by atoms with E-state index in [4.69, 9.17) is 4.42 Å². The van der Waals surface area contributed by atoms with E-state index >= 15 is 0 Å². The maximum absolute atomic E-state index is 7.21. The number of benzene rings is 6. The van der Waals surface area contributed by atoms with Gasteiger partial charge in [0.05, 0.1) is 5.54 Å². The van der Waals surface area contributed by atoms with Gasteiger partial charge in [-0.15, -0.1) is 11.3 Å². The molecule has 6 aromatic carbocycles. The van der Waals surface area contributed by atoms with Crippen LogP contribution in [0.2, 0.25) is 0 Å². The molecular formula is C48H37NOS. The summed E-state index contributed by atoms with van der Waals surface area (Å²) >= 11 is 1.99. The summed E-state index contributed by atoms with van der Waals surface area (Å²) in [6.07, 6.45) is 0. The van der Waals surface area contributed by atoms with E-state index in [0.717, 1.165) is 11.3 Å². The highest BCUT2D eigenvalue weighted by Gasteiger charge is 2.62. The van der Waals surface area contributed by atoms with Gasteiger partial charge in [0.25, 0.3) is 0 Å². The third-order valence-electron chi connectivity index (χ3n) is 12.6. The van der Waals surface area contributed by atoms with Gasteiger partial charge in [0.15, 0.2) is 0 Å². The Morgan fingerprint density at radius 3 is 2.24 bits per heavy atom. The number of furan rings is 1. The van der Waals surface area contributed by atoms with E-state index in [9.17, 15) is 0 Å². The first kappa shape index (κ1) is 29.4. The lowest BCUT2D eigenvalue weighted by Gasteiger charge is -2.60. The maximum atomic E-state index is 7.21. The van der Waals surface area contributed by atoms with Crippen molar-refractivity contribution in [1.82, 2.24) is 0 Å². The highest BCUT2D eigenvalue weighted by molar-refractivity contribution is 7.19. The molecule has 3 heterocycles. The monoisotopic (exact) mass is 675 g/mol. The minimum absolute atomic E-state index is 0.109. The topological polar surface area (TPSA) is 16.4 Å². The van der Waals surface area contributed by atoms with Gasteiger partial charge in [0.1, 0.15) is 11.3 Å². The highest BCUT2D eigenvalue weighted by atomic mass is 32.1. The number of rotatable bonds is 2. The Morgan fingerprint density at radius 1 is 0.647 bits per heavy atom. The summed E-state index contributed by atoms with van der Waals surface area (Å²) in [5.74, 6) is 1.46. The second kappa shape index (κ2) is 10.1. The van der Waals surface area contributed by atoms with Gasteiger partial charge < -0.3 is 9.32 Å². The molecule has 4 unspecified atom stereocenters. The fraction of sp³-hybridized carbons (Fsp3) is 0.167. The van der Waals surface area contributed by atoms with E-state index in [1.807, 2.05) is 11.3 Å². The predicted octanol–water partition coefficient (Wildman–Crippen LogP) is 13.4. The zero-order chi connectivity index (χ0) is 34.2. The summed E-state index contributed by atoms with van der Waals surface area (Å²) < 4.78 is 8.56. The smallest absolute Gasteiger partial charge is 0.142 e. The van der Waals surface area contributed by atoms with Gasteiger partial charge in [0, 0.05) is 54.5 Å². The van der Waals surface area contributed by atoms with Gasteiger partial charge in [0.2, 0.25) is 0 Å². The summed E-state index contributed by atoms with van der Waals surface area (Å²) in [5, 5.41) is 5.01. The van der Waals surface area contributed by atoms with Crippen molar-refractivity contribution in [3.05, 3.63) is 178 Å². The molecule has 246 valence electrons. The standard InChI is InChI=1S/C48H37NOS/c1-28-40-29(2)43-42(36-26-25-31-17-8-9-20-34(31)44(36)50-43)47(3)37-22-11-12-23-38(37)49(33-19-14-18-32(27-33)30-15-6-5-7-16-30)48(4,45(40)47)46-41(28)35-21-10-13-24-39(35)51-46/h5-29H,1-4H3. The molecule has 3 heteroatoms. The molecule has 0 radical (unpaired) electrons. The van der Waals surface area contributed by atoms with Gasteiger partial charge in [-0.05, 0) is 82.3 Å². The molecule has 0 fully saturated rings. The Hall–Kier alpha value is -5.38. The minimum atomic E-state index is -0.467. The van der Waals surface area contributed by atoms with Gasteiger partial charge in [-0.2, -0.15) is 0 Å². The minimum Gasteiger partial charge on any atom is -0.459 e. The zero-order valence-corrected chi connectivity index (χ0v) is 30.0. The number of fused-ring (bicyclic) bond motifs is 12. The highest BCUT2D eigenvalue weighted by Crippen LogP contribution is 2.70. The van der Waals surface area contributed by atoms with Gasteiger partial charge >= 0.3 is 0 Å². The number of hydrogen-bond acceptors (Lipinski definition) is 3. The molecule has 0 spiro atoms. The first-order valence-corrected chi connectivity index (χ1v) is 19.0. The molecule has 2 nitrogen and oxygen atoms in total. The number of para-hydroxylation sites is 1. The van der Waals surface area contributed by atoms with Crippen molar-refractivity contribution in [3.63, 3.8) is 0 Å². The average molecular weight is 676 g/mol. The van der Waals surface area contributed by atoms with Crippen LogP contribution in [0.3, 0.4) is 0 Å². The van der Waals surface area contributed by atoms with Crippen LogP contribution in [0.4, 0.5) is 11.4 Å². The summed E-state index contributed by atoms with van der Waals surface area (Å²) in [6, 6.07) is 51.6. The van der Waals surface area contributed by atoms with E-state index in [1.165, 1.54) is 81.5 Å². The second-order valence-corrected chi connectivity index (χ2v) is 16.1. The van der Waals surface area contributed by atoms with Crippen molar-refractivity contribution >= 4 is 54.5 Å². The number of anilines is 2. The first-order valence-electron chi connectivity index (χ1n) is 18.2. The Morgan fingerprint density at radius 2 is 1.37 bits per heavy atom. The molecule has 0 saturated heterocycles. The molecule has 0 saturated carbocycles. The largest absolute Gasteiger partial charge is 0.459 e. The second-order valence-electron chi connectivity index (χ2n) is 15.1. The Bertz CT molecular complexity index is 2780. The molecule has 4 atom stereocenters. The van der Waals surface area contributed by atoms with E-state index in [1.54, 1.807) is 0 Å². The molecule has 3 aliphatic rings. The van der Waals surface area contributed by atoms with E-state index < -0.39 is 11.0 Å². The summed E-state index contributed by atoms with van der Waals surface area (Å²) in [6.45, 7) is 9.90. The van der Waals surface area contributed by atoms with E-state index in [0.29, 0.717) is 0 Å². The van der Waals surface area contributed by atoms with Crippen LogP contribution in [-0.2, 0) is 11.0 Å². The van der Waals surface area contributed by atoms with Crippen LogP contribution in [0, 0.1) is 0 Å². The molecule has 11 rings (SSSR count). The van der Waals surface area contributed by atoms with Crippen molar-refractivity contribution in [2.45, 2.75) is 50.5 Å². The molecule has 0 amide bonds. The fourth-order valence-corrected chi connectivity index (χ4v) is 12.0. The van der Waals surface area contributed by atoms with Crippen molar-refractivity contribution in [2.75, 3.05) is 4.90 Å². The fourth-order valence-electron chi connectivity index (χ4n) is 10.6. The van der Waals surface area contributed by atoms with Crippen molar-refractivity contribution in [3.8, 4) is 11.1 Å². The molecular weight excluding hydrogens is 639 g/mol. The van der Waals surface area contributed by atoms with Crippen molar-refractivity contribution in [2.24, 2.45) is 0 Å². The summed E-state index contributed by atoms with van der Waals surface area (Å²) in [5.41, 5.74) is 12.2. The van der Waals surface area contributed by atoms with E-state index in [-0.39, 0.29) is 11.8 Å². The lowest BCUT2D eigenvalue weighted by atomic mass is 9.51. The summed E-state index contributed by atoms with van der Waals surface area (Å²) in [7, 11) is 0. The zero-order valence-electron chi connectivity index (χ0n) is 29.2. The lowest BCUT2D eigenvalue weighted by molar-refractivity contribution is 0.390. The van der Waals surface area contributed by atoms with Crippen LogP contribution in [0.25, 0.3) is 43.0 Å². The molecule has 0 bridgehead atoms. The van der Waals surface area contributed by atoms with Crippen LogP contribution >= 0.6 is 11.3 Å². The number of allylic oxidation sites excluding steroid dienone is 1. The van der Waals surface area contributed by atoms with Gasteiger partial charge in [-0.25, -0.2) is 0 Å². The van der Waals surface area contributed by atoms with Crippen LogP contribution in [-0.4, -0.2) is 0 Å². The Kier molecular flexibility index (Phi) is 5.82. The molecule has 2 aromatic heterocycles. The molecule has 1 aliphatic heterocycles. The normalized spacial score (nSPS) is 23.3. The number of thiophene rings is 1. The number of nitrogens with zero attached hydrogens (tertiary/aromatic N) is 1. The van der Waals surface area contributed by atoms with Crippen LogP contribution in [0.1, 0.15) is 66.9 Å². The number of hydrogen-bond donors (Lipinski definition) is 0. The maximum Gasteiger partial charge on any atom is 0.142 e. The van der Waals surface area contributed by atoms with E-state index in [2.05, 4.69) is 172 Å². The third-order valence-corrected chi connectivity index (χ3v) is 14.0. The van der Waals surface area contributed by atoms with Crippen molar-refractivity contribution < 1.29 is 4.42 Å². The van der Waals surface area contributed by atoms with Crippen LogP contribution < -0.4 is 4.90 Å². The van der Waals surface area contributed by atoms with Crippen LogP contribution in [0.15, 0.2) is 155 Å². The molecule has 8 aromatic rings. The Labute approximate surface area is 302 Å². The quantitative estimate of drug-likeness (QED) is 0.170. The third kappa shape index (κ3) is 3.57. The van der Waals surface area contributed by atoms with Crippen molar-refractivity contribution in [1.29, 1.82) is 0 Å². The molecule has 2 aliphatic carbocycles. The Balaban J connectivity index is 1.30. The van der Waals surface area contributed by atoms with Crippen LogP contribution in [0.5, 0.6) is 0 Å². The molecule has 0 N–H and O–H groups in total. The average Bonchev–Trinajstić information content (AvgIpc) is 3.77. The molecule has 51 heavy (non-hydrogen) atoms. The lowest BCUT2D eigenvalue weighted by Crippen LogP contribution is -2.56. The SMILES string of the molecule is CC1C2=C3C(C)(c4ccccc4N(c4cccc(-c5ccccc5)c4)C3(C)c3sc4ccccc4c3C2C)c2c1oc1c2ccc2ccccc21. The predicted molar refractivity (Wildman–Crippen MR) is 214 cm³/mol. The summed E-state index contributed by atoms with van der Waals surface area (Å²) in [4.78, 5) is 4.15. The van der Waals surface area contributed by atoms with Gasteiger partial charge in [-0.1, -0.05) is 129 Å². The van der Waals surface area contributed by atoms with Gasteiger partial charge in [-0.3, -0.25) is 0 Å². The first-order chi connectivity index (χ1) is 24.9.